The van der Waals surface area contributed by atoms with Gasteiger partial charge >= 0.3 is 0 Å². The Morgan fingerprint density at radius 2 is 1.75 bits per heavy atom. The van der Waals surface area contributed by atoms with E-state index in [4.69, 9.17) is 19.9 Å². The van der Waals surface area contributed by atoms with Gasteiger partial charge in [-0.2, -0.15) is 0 Å². The fourth-order valence-electron chi connectivity index (χ4n) is 4.91. The number of hydrogen-bond acceptors (Lipinski definition) is 7. The highest BCUT2D eigenvalue weighted by atomic mass is 35.5. The number of para-hydroxylation sites is 1. The van der Waals surface area contributed by atoms with Gasteiger partial charge in [0.05, 0.1) is 18.3 Å². The molecule has 5 N–H and O–H groups in total. The molecule has 1 aliphatic heterocycles. The topological polar surface area (TPSA) is 132 Å². The van der Waals surface area contributed by atoms with Gasteiger partial charge in [-0.15, -0.1) is 12.4 Å². The van der Waals surface area contributed by atoms with Crippen LogP contribution in [0.15, 0.2) is 24.3 Å². The number of methoxy groups -OCH3 is 1. The van der Waals surface area contributed by atoms with E-state index in [9.17, 15) is 14.7 Å². The fraction of sp³-hybridized carbons (Fsp3) is 0.733. The molecule has 230 valence electrons. The Labute approximate surface area is 246 Å². The van der Waals surface area contributed by atoms with Crippen LogP contribution >= 0.6 is 12.4 Å². The van der Waals surface area contributed by atoms with E-state index < -0.39 is 17.6 Å². The third-order valence-electron chi connectivity index (χ3n) is 7.97. The van der Waals surface area contributed by atoms with Gasteiger partial charge in [0.25, 0.3) is 5.91 Å². The first-order valence-electron chi connectivity index (χ1n) is 14.4. The van der Waals surface area contributed by atoms with E-state index in [2.05, 4.69) is 24.5 Å². The normalized spacial score (nSPS) is 16.5. The Bertz CT molecular complexity index is 879. The number of halogens is 1. The summed E-state index contributed by atoms with van der Waals surface area (Å²) in [4.78, 5) is 25.9. The third-order valence-corrected chi connectivity index (χ3v) is 7.97. The van der Waals surface area contributed by atoms with E-state index in [0.717, 1.165) is 25.7 Å². The van der Waals surface area contributed by atoms with Crippen LogP contribution in [0, 0.1) is 23.2 Å². The van der Waals surface area contributed by atoms with Crippen LogP contribution in [0.25, 0.3) is 0 Å². The van der Waals surface area contributed by atoms with Gasteiger partial charge in [0.15, 0.2) is 0 Å². The Morgan fingerprint density at radius 1 is 1.10 bits per heavy atom. The number of unbranched alkanes of at least 4 members (excludes halogenated alkanes) is 1. The van der Waals surface area contributed by atoms with Gasteiger partial charge in [0.2, 0.25) is 5.91 Å². The number of nitrogens with two attached hydrogens (primary N) is 1. The van der Waals surface area contributed by atoms with E-state index in [1.807, 2.05) is 26.0 Å². The van der Waals surface area contributed by atoms with Crippen LogP contribution in [0.5, 0.6) is 5.75 Å². The van der Waals surface area contributed by atoms with Crippen LogP contribution < -0.4 is 21.1 Å². The Balaban J connectivity index is 0.00000800. The largest absolute Gasteiger partial charge is 0.493 e. The molecule has 0 radical (unpaired) electrons. The maximum absolute atomic E-state index is 13.0. The first-order valence-corrected chi connectivity index (χ1v) is 14.4. The molecule has 0 aliphatic carbocycles. The summed E-state index contributed by atoms with van der Waals surface area (Å²) >= 11 is 0. The Morgan fingerprint density at radius 3 is 2.40 bits per heavy atom. The minimum atomic E-state index is -0.886. The predicted molar refractivity (Wildman–Crippen MR) is 160 cm³/mol. The lowest BCUT2D eigenvalue weighted by atomic mass is 9.74. The van der Waals surface area contributed by atoms with E-state index in [0.29, 0.717) is 50.7 Å². The van der Waals surface area contributed by atoms with Gasteiger partial charge in [0, 0.05) is 51.5 Å². The molecule has 3 atom stereocenters. The smallest absolute Gasteiger partial charge is 0.255 e. The molecule has 2 amide bonds. The second kappa shape index (κ2) is 18.5. The molecule has 1 heterocycles. The summed E-state index contributed by atoms with van der Waals surface area (Å²) in [6.45, 7) is 11.1. The van der Waals surface area contributed by atoms with Crippen molar-refractivity contribution in [3.63, 3.8) is 0 Å². The molecule has 3 unspecified atom stereocenters. The molecule has 40 heavy (non-hydrogen) atoms. The standard InChI is InChI=1S/C30H51N3O6.ClH/c1-21(2)22(19-32-28(35)24-10-6-7-11-27(24)39-15-9-8-14-37-5)18-25(31)26(34)20-33-29(36)30(3,4)23-12-16-38-17-13-23;/h6-7,10-11,21-23,25-26,34H,8-9,12-20,31H2,1-5H3,(H,32,35)(H,33,36);1H. The molecule has 0 aromatic heterocycles. The maximum Gasteiger partial charge on any atom is 0.255 e. The predicted octanol–water partition coefficient (Wildman–Crippen LogP) is 3.56. The van der Waals surface area contributed by atoms with Gasteiger partial charge in [-0.25, -0.2) is 0 Å². The van der Waals surface area contributed by atoms with Gasteiger partial charge in [-0.05, 0) is 62.0 Å². The lowest BCUT2D eigenvalue weighted by Gasteiger charge is -2.36. The summed E-state index contributed by atoms with van der Waals surface area (Å²) in [5.74, 6) is 0.808. The number of carbonyl (C=O) groups is 2. The monoisotopic (exact) mass is 585 g/mol. The highest BCUT2D eigenvalue weighted by molar-refractivity contribution is 5.96. The van der Waals surface area contributed by atoms with Crippen LogP contribution in [0.1, 0.15) is 70.2 Å². The fourth-order valence-corrected chi connectivity index (χ4v) is 4.91. The van der Waals surface area contributed by atoms with E-state index >= 15 is 0 Å². The molecule has 0 bridgehead atoms. The number of rotatable bonds is 17. The minimum Gasteiger partial charge on any atom is -0.493 e. The zero-order valence-corrected chi connectivity index (χ0v) is 25.8. The van der Waals surface area contributed by atoms with Crippen molar-refractivity contribution in [1.29, 1.82) is 0 Å². The van der Waals surface area contributed by atoms with Crippen molar-refractivity contribution in [2.24, 2.45) is 28.9 Å². The number of aliphatic hydroxyl groups is 1. The molecule has 1 saturated heterocycles. The van der Waals surface area contributed by atoms with Crippen molar-refractivity contribution in [3.8, 4) is 5.75 Å². The van der Waals surface area contributed by atoms with Crippen molar-refractivity contribution in [1.82, 2.24) is 10.6 Å². The van der Waals surface area contributed by atoms with Gasteiger partial charge in [0.1, 0.15) is 5.75 Å². The number of nitrogens with one attached hydrogen (secondary N) is 2. The quantitative estimate of drug-likeness (QED) is 0.205. The van der Waals surface area contributed by atoms with Crippen molar-refractivity contribution < 1.29 is 28.9 Å². The molecule has 1 aromatic rings. The summed E-state index contributed by atoms with van der Waals surface area (Å²) in [5.41, 5.74) is 6.32. The van der Waals surface area contributed by atoms with Crippen molar-refractivity contribution >= 4 is 24.2 Å². The molecule has 10 heteroatoms. The number of hydrogen-bond donors (Lipinski definition) is 4. The zero-order chi connectivity index (χ0) is 28.8. The summed E-state index contributed by atoms with van der Waals surface area (Å²) in [7, 11) is 1.67. The van der Waals surface area contributed by atoms with Gasteiger partial charge in [-0.3, -0.25) is 9.59 Å². The van der Waals surface area contributed by atoms with Gasteiger partial charge < -0.3 is 35.7 Å². The highest BCUT2D eigenvalue weighted by Gasteiger charge is 2.37. The Kier molecular flexibility index (Phi) is 16.7. The molecule has 1 aliphatic rings. The molecular weight excluding hydrogens is 534 g/mol. The van der Waals surface area contributed by atoms with Crippen molar-refractivity contribution in [3.05, 3.63) is 29.8 Å². The summed E-state index contributed by atoms with van der Waals surface area (Å²) < 4.78 is 16.3. The number of carbonyl (C=O) groups excluding carboxylic acids is 2. The van der Waals surface area contributed by atoms with Crippen LogP contribution in [-0.4, -0.2) is 75.7 Å². The van der Waals surface area contributed by atoms with Crippen LogP contribution in [0.3, 0.4) is 0 Å². The lowest BCUT2D eigenvalue weighted by Crippen LogP contribution is -2.50. The maximum atomic E-state index is 13.0. The second-order valence-electron chi connectivity index (χ2n) is 11.5. The van der Waals surface area contributed by atoms with Crippen LogP contribution in [0.4, 0.5) is 0 Å². The van der Waals surface area contributed by atoms with E-state index in [-0.39, 0.29) is 48.5 Å². The molecule has 9 nitrogen and oxygen atoms in total. The number of aliphatic hydroxyl groups excluding tert-OH is 1. The van der Waals surface area contributed by atoms with Crippen LogP contribution in [-0.2, 0) is 14.3 Å². The average molecular weight is 586 g/mol. The number of ether oxygens (including phenoxy) is 3. The van der Waals surface area contributed by atoms with Crippen molar-refractivity contribution in [2.75, 3.05) is 46.6 Å². The SMILES string of the molecule is COCCCCOc1ccccc1C(=O)NCC(CC(N)C(O)CNC(=O)C(C)(C)C1CCOCC1)C(C)C.Cl. The Hall–Kier alpha value is -1.91. The molecule has 1 fully saturated rings. The van der Waals surface area contributed by atoms with E-state index in [1.54, 1.807) is 19.2 Å². The average Bonchev–Trinajstić information content (AvgIpc) is 2.93. The molecule has 0 spiro atoms. The second-order valence-corrected chi connectivity index (χ2v) is 11.5. The molecule has 2 rings (SSSR count). The van der Waals surface area contributed by atoms with Crippen molar-refractivity contribution in [2.45, 2.75) is 71.9 Å². The first-order chi connectivity index (χ1) is 18.6. The van der Waals surface area contributed by atoms with Gasteiger partial charge in [-0.1, -0.05) is 39.8 Å². The number of amides is 2. The minimum absolute atomic E-state index is 0. The zero-order valence-electron chi connectivity index (χ0n) is 24.9. The molecule has 1 aromatic carbocycles. The highest BCUT2D eigenvalue weighted by Crippen LogP contribution is 2.34. The summed E-state index contributed by atoms with van der Waals surface area (Å²) in [6.07, 6.45) is 3.07. The summed E-state index contributed by atoms with van der Waals surface area (Å²) in [6, 6.07) is 6.68. The third kappa shape index (κ3) is 11.5. The number of benzene rings is 1. The molecule has 0 saturated carbocycles. The molecular formula is C30H52ClN3O6. The summed E-state index contributed by atoms with van der Waals surface area (Å²) in [5, 5.41) is 16.7. The van der Waals surface area contributed by atoms with Crippen LogP contribution in [0.2, 0.25) is 0 Å². The van der Waals surface area contributed by atoms with E-state index in [1.165, 1.54) is 0 Å². The first kappa shape index (κ1) is 36.1. The lowest BCUT2D eigenvalue weighted by molar-refractivity contribution is -0.134.